The molecule has 0 fully saturated rings. The third kappa shape index (κ3) is 7.57. The summed E-state index contributed by atoms with van der Waals surface area (Å²) < 4.78 is 12.0. The van der Waals surface area contributed by atoms with Gasteiger partial charge >= 0.3 is 0 Å². The zero-order valence-corrected chi connectivity index (χ0v) is 23.3. The van der Waals surface area contributed by atoms with E-state index >= 15 is 0 Å². The maximum absolute atomic E-state index is 12.8. The fraction of sp³-hybridized carbons (Fsp3) is 0.214. The van der Waals surface area contributed by atoms with Crippen molar-refractivity contribution in [3.8, 4) is 17.6 Å². The van der Waals surface area contributed by atoms with Gasteiger partial charge in [-0.25, -0.2) is 5.43 Å². The summed E-state index contributed by atoms with van der Waals surface area (Å²) in [4.78, 5) is 25.4. The largest absolute Gasteiger partial charge is 0.493 e. The molecule has 0 radical (unpaired) electrons. The Bertz CT molecular complexity index is 1390. The lowest BCUT2D eigenvalue weighted by Gasteiger charge is -2.20. The van der Waals surface area contributed by atoms with E-state index in [2.05, 4.69) is 37.8 Å². The summed E-state index contributed by atoms with van der Waals surface area (Å²) in [5.41, 5.74) is 4.75. The van der Waals surface area contributed by atoms with Crippen LogP contribution in [0.2, 0.25) is 5.02 Å². The van der Waals surface area contributed by atoms with Crippen LogP contribution in [-0.4, -0.2) is 31.2 Å². The smallest absolute Gasteiger partial charge is 0.262 e. The predicted molar refractivity (Wildman–Crippen MR) is 149 cm³/mol. The van der Waals surface area contributed by atoms with Crippen molar-refractivity contribution >= 4 is 45.6 Å². The van der Waals surface area contributed by atoms with Gasteiger partial charge in [0.25, 0.3) is 11.8 Å². The maximum atomic E-state index is 12.8. The lowest BCUT2D eigenvalue weighted by molar-refractivity contribution is -0.123. The van der Waals surface area contributed by atoms with Gasteiger partial charge in [-0.15, -0.1) is 0 Å². The van der Waals surface area contributed by atoms with E-state index in [0.717, 1.165) is 5.56 Å². The number of nitrogens with one attached hydrogen (secondary N) is 2. The number of nitriles is 1. The highest BCUT2D eigenvalue weighted by atomic mass is 79.9. The molecule has 0 aliphatic rings. The number of rotatable bonds is 10. The van der Waals surface area contributed by atoms with Gasteiger partial charge in [0.1, 0.15) is 12.6 Å². The summed E-state index contributed by atoms with van der Waals surface area (Å²) >= 11 is 9.46. The van der Waals surface area contributed by atoms with Crippen LogP contribution in [-0.2, 0) is 11.4 Å². The van der Waals surface area contributed by atoms with E-state index < -0.39 is 17.9 Å². The Labute approximate surface area is 234 Å². The van der Waals surface area contributed by atoms with Crippen molar-refractivity contribution in [2.45, 2.75) is 26.5 Å². The third-order valence-electron chi connectivity index (χ3n) is 5.47. The number of benzene rings is 3. The van der Waals surface area contributed by atoms with Gasteiger partial charge in [0, 0.05) is 16.1 Å². The summed E-state index contributed by atoms with van der Waals surface area (Å²) in [6.45, 7) is 3.82. The van der Waals surface area contributed by atoms with Crippen LogP contribution in [0.15, 0.2) is 70.2 Å². The Morgan fingerprint density at radius 1 is 1.16 bits per heavy atom. The van der Waals surface area contributed by atoms with Crippen LogP contribution >= 0.6 is 27.5 Å². The van der Waals surface area contributed by atoms with Gasteiger partial charge in [0.15, 0.2) is 11.5 Å². The van der Waals surface area contributed by atoms with Crippen molar-refractivity contribution in [1.82, 2.24) is 10.7 Å². The highest BCUT2D eigenvalue weighted by molar-refractivity contribution is 9.10. The molecule has 0 aromatic heterocycles. The van der Waals surface area contributed by atoms with Crippen LogP contribution in [0.4, 0.5) is 0 Å². The minimum Gasteiger partial charge on any atom is -0.493 e. The SMILES string of the molecule is COc1cc(C=NNC(=O)C(NC(=O)c2cccc(Cl)c2)C(C)C)cc(Br)c1OCc1ccccc1C#N. The number of methoxy groups -OCH3 is 1. The van der Waals surface area contributed by atoms with Gasteiger partial charge in [0.2, 0.25) is 0 Å². The molecule has 0 saturated heterocycles. The second-order valence-corrected chi connectivity index (χ2v) is 9.82. The Morgan fingerprint density at radius 2 is 1.92 bits per heavy atom. The molecule has 2 amide bonds. The second kappa shape index (κ2) is 13.6. The molecule has 3 rings (SSSR count). The molecule has 1 unspecified atom stereocenters. The molecule has 0 bridgehead atoms. The zero-order valence-electron chi connectivity index (χ0n) is 21.0. The van der Waals surface area contributed by atoms with Crippen molar-refractivity contribution in [1.29, 1.82) is 5.26 Å². The number of carbonyl (C=O) groups excluding carboxylic acids is 2. The minimum absolute atomic E-state index is 0.180. The quantitative estimate of drug-likeness (QED) is 0.238. The van der Waals surface area contributed by atoms with Gasteiger partial charge in [-0.3, -0.25) is 9.59 Å². The van der Waals surface area contributed by atoms with E-state index in [1.165, 1.54) is 19.4 Å². The number of halogens is 2. The van der Waals surface area contributed by atoms with Gasteiger partial charge in [0.05, 0.1) is 29.4 Å². The predicted octanol–water partition coefficient (Wildman–Crippen LogP) is 5.47. The molecule has 0 aliphatic carbocycles. The molecule has 3 aromatic rings. The Kier molecular flexibility index (Phi) is 10.3. The Morgan fingerprint density at radius 3 is 2.61 bits per heavy atom. The molecular formula is C28H26BrClN4O4. The molecule has 196 valence electrons. The molecule has 0 saturated carbocycles. The lowest BCUT2D eigenvalue weighted by Crippen LogP contribution is -2.48. The van der Waals surface area contributed by atoms with Gasteiger partial charge in [-0.05, 0) is 63.8 Å². The lowest BCUT2D eigenvalue weighted by atomic mass is 10.0. The molecule has 2 N–H and O–H groups in total. The molecule has 0 aliphatic heterocycles. The minimum atomic E-state index is -0.813. The molecule has 8 nitrogen and oxygen atoms in total. The summed E-state index contributed by atoms with van der Waals surface area (Å²) in [5, 5.41) is 16.5. The molecule has 3 aromatic carbocycles. The summed E-state index contributed by atoms with van der Waals surface area (Å²) in [6.07, 6.45) is 1.45. The first-order valence-electron chi connectivity index (χ1n) is 11.6. The average Bonchev–Trinajstić information content (AvgIpc) is 2.90. The summed E-state index contributed by atoms with van der Waals surface area (Å²) in [5.74, 6) is -0.161. The van der Waals surface area contributed by atoms with Crippen LogP contribution in [0, 0.1) is 17.2 Å². The van der Waals surface area contributed by atoms with Crippen LogP contribution in [0.25, 0.3) is 0 Å². The van der Waals surface area contributed by atoms with Crippen LogP contribution in [0.3, 0.4) is 0 Å². The number of hydrogen-bond acceptors (Lipinski definition) is 6. The van der Waals surface area contributed by atoms with Gasteiger partial charge in [-0.2, -0.15) is 10.4 Å². The van der Waals surface area contributed by atoms with E-state index in [4.69, 9.17) is 21.1 Å². The highest BCUT2D eigenvalue weighted by Crippen LogP contribution is 2.37. The topological polar surface area (TPSA) is 113 Å². The zero-order chi connectivity index (χ0) is 27.7. The molecular weight excluding hydrogens is 572 g/mol. The highest BCUT2D eigenvalue weighted by Gasteiger charge is 2.24. The fourth-order valence-electron chi connectivity index (χ4n) is 3.49. The van der Waals surface area contributed by atoms with Crippen molar-refractivity contribution in [2.24, 2.45) is 11.0 Å². The van der Waals surface area contributed by atoms with E-state index in [9.17, 15) is 14.9 Å². The Hall–Kier alpha value is -3.87. The van der Waals surface area contributed by atoms with E-state index in [-0.39, 0.29) is 12.5 Å². The van der Waals surface area contributed by atoms with Gasteiger partial charge in [-0.1, -0.05) is 49.7 Å². The van der Waals surface area contributed by atoms with Crippen molar-refractivity contribution in [3.05, 3.63) is 92.4 Å². The van der Waals surface area contributed by atoms with Crippen molar-refractivity contribution < 1.29 is 19.1 Å². The summed E-state index contributed by atoms with van der Waals surface area (Å²) in [7, 11) is 1.51. The number of ether oxygens (including phenoxy) is 2. The number of nitrogens with zero attached hydrogens (tertiary/aromatic N) is 2. The first-order valence-corrected chi connectivity index (χ1v) is 12.8. The van der Waals surface area contributed by atoms with Crippen LogP contribution < -0.4 is 20.2 Å². The van der Waals surface area contributed by atoms with E-state index in [1.807, 2.05) is 26.0 Å². The Balaban J connectivity index is 1.68. The van der Waals surface area contributed by atoms with Crippen LogP contribution in [0.1, 0.15) is 40.9 Å². The monoisotopic (exact) mass is 596 g/mol. The molecule has 10 heteroatoms. The van der Waals surface area contributed by atoms with E-state index in [1.54, 1.807) is 42.5 Å². The maximum Gasteiger partial charge on any atom is 0.262 e. The first-order chi connectivity index (χ1) is 18.2. The van der Waals surface area contributed by atoms with E-state index in [0.29, 0.717) is 37.7 Å². The third-order valence-corrected chi connectivity index (χ3v) is 6.30. The molecule has 0 spiro atoms. The number of hydrogen-bond donors (Lipinski definition) is 2. The molecule has 38 heavy (non-hydrogen) atoms. The second-order valence-electron chi connectivity index (χ2n) is 8.53. The normalized spacial score (nSPS) is 11.6. The van der Waals surface area contributed by atoms with Gasteiger partial charge < -0.3 is 14.8 Å². The number of carbonyl (C=O) groups is 2. The fourth-order valence-corrected chi connectivity index (χ4v) is 4.25. The first kappa shape index (κ1) is 28.7. The van der Waals surface area contributed by atoms with Crippen LogP contribution in [0.5, 0.6) is 11.5 Å². The molecule has 1 atom stereocenters. The van der Waals surface area contributed by atoms with Crippen molar-refractivity contribution in [2.75, 3.05) is 7.11 Å². The number of hydrazone groups is 1. The molecule has 0 heterocycles. The standard InChI is InChI=1S/C28H26BrClN4O4/c1-17(2)25(33-27(35)19-9-6-10-22(30)13-19)28(36)34-32-15-18-11-23(29)26(24(12-18)37-3)38-16-21-8-5-4-7-20(21)14-31/h4-13,15,17,25H,16H2,1-3H3,(H,33,35)(H,34,36). The summed E-state index contributed by atoms with van der Waals surface area (Å²) in [6, 6.07) is 18.5. The number of amides is 2. The average molecular weight is 598 g/mol. The van der Waals surface area contributed by atoms with Crippen molar-refractivity contribution in [3.63, 3.8) is 0 Å².